The lowest BCUT2D eigenvalue weighted by molar-refractivity contribution is 0.0774. The summed E-state index contributed by atoms with van der Waals surface area (Å²) in [6, 6.07) is 1.88. The lowest BCUT2D eigenvalue weighted by atomic mass is 10.1. The number of nitrogen functional groups attached to an aromatic ring is 1. The Kier molecular flexibility index (Phi) is 4.44. The molecule has 1 aliphatic rings. The lowest BCUT2D eigenvalue weighted by Crippen LogP contribution is -2.40. The van der Waals surface area contributed by atoms with Gasteiger partial charge >= 0.3 is 0 Å². The largest absolute Gasteiger partial charge is 0.396 e. The topological polar surface area (TPSA) is 81.4 Å². The van der Waals surface area contributed by atoms with Crippen LogP contribution in [0.25, 0.3) is 0 Å². The third kappa shape index (κ3) is 3.44. The zero-order chi connectivity index (χ0) is 14.0. The molecule has 1 saturated heterocycles. The van der Waals surface area contributed by atoms with Crippen molar-refractivity contribution in [3.05, 3.63) is 22.4 Å². The van der Waals surface area contributed by atoms with Gasteiger partial charge in [0.1, 0.15) is 5.82 Å². The van der Waals surface area contributed by atoms with Crippen LogP contribution in [0.15, 0.2) is 21.5 Å². The van der Waals surface area contributed by atoms with Crippen LogP contribution in [0.4, 0.5) is 10.1 Å². The first-order chi connectivity index (χ1) is 8.90. The van der Waals surface area contributed by atoms with E-state index in [1.165, 1.54) is 0 Å². The van der Waals surface area contributed by atoms with Crippen LogP contribution in [0.5, 0.6) is 0 Å². The summed E-state index contributed by atoms with van der Waals surface area (Å²) in [5, 5.41) is 0. The predicted octanol–water partition coefficient (Wildman–Crippen LogP) is 1.63. The maximum absolute atomic E-state index is 13.2. The molecule has 106 valence electrons. The zero-order valence-corrected chi connectivity index (χ0v) is 12.4. The van der Waals surface area contributed by atoms with Gasteiger partial charge in [0.05, 0.1) is 17.2 Å². The van der Waals surface area contributed by atoms with Gasteiger partial charge in [-0.3, -0.25) is 0 Å². The number of sulfonamides is 1. The van der Waals surface area contributed by atoms with E-state index in [2.05, 4.69) is 20.7 Å². The van der Waals surface area contributed by atoms with Crippen LogP contribution in [0.1, 0.15) is 12.8 Å². The Balaban J connectivity index is 2.26. The summed E-state index contributed by atoms with van der Waals surface area (Å²) in [6.07, 6.45) is 1.52. The van der Waals surface area contributed by atoms with Gasteiger partial charge in [0.25, 0.3) is 0 Å². The fourth-order valence-corrected chi connectivity index (χ4v) is 4.17. The van der Waals surface area contributed by atoms with E-state index < -0.39 is 15.8 Å². The summed E-state index contributed by atoms with van der Waals surface area (Å²) < 4.78 is 45.5. The highest BCUT2D eigenvalue weighted by molar-refractivity contribution is 9.10. The highest BCUT2D eigenvalue weighted by Gasteiger charge is 2.25. The molecule has 8 heteroatoms. The summed E-state index contributed by atoms with van der Waals surface area (Å²) >= 11 is 3.04. The smallest absolute Gasteiger partial charge is 0.242 e. The standard InChI is InChI=1S/C11H14BrFN2O3S/c12-8-4-9(13)10(14)5-11(8)19(16,17)15-7-2-1-3-18-6-7/h4-5,7,15H,1-3,6,14H2. The van der Waals surface area contributed by atoms with Crippen molar-refractivity contribution in [2.45, 2.75) is 23.8 Å². The number of halogens is 2. The van der Waals surface area contributed by atoms with Gasteiger partial charge in [-0.1, -0.05) is 0 Å². The number of nitrogens with one attached hydrogen (secondary N) is 1. The van der Waals surface area contributed by atoms with Crippen molar-refractivity contribution < 1.29 is 17.5 Å². The average Bonchev–Trinajstić information content (AvgIpc) is 2.34. The minimum atomic E-state index is -3.75. The molecule has 1 aromatic carbocycles. The van der Waals surface area contributed by atoms with Crippen LogP contribution in [-0.2, 0) is 14.8 Å². The fourth-order valence-electron chi connectivity index (χ4n) is 1.87. The molecule has 0 aliphatic carbocycles. The van der Waals surface area contributed by atoms with Crippen LogP contribution >= 0.6 is 15.9 Å². The van der Waals surface area contributed by atoms with Crippen LogP contribution in [0, 0.1) is 5.82 Å². The molecule has 3 N–H and O–H groups in total. The fraction of sp³-hybridized carbons (Fsp3) is 0.455. The first-order valence-corrected chi connectivity index (χ1v) is 8.02. The van der Waals surface area contributed by atoms with Crippen molar-refractivity contribution in [1.29, 1.82) is 0 Å². The van der Waals surface area contributed by atoms with Crippen molar-refractivity contribution in [2.75, 3.05) is 18.9 Å². The molecule has 0 amide bonds. The molecule has 1 unspecified atom stereocenters. The zero-order valence-electron chi connectivity index (χ0n) is 10.0. The molecule has 1 aromatic rings. The van der Waals surface area contributed by atoms with E-state index in [1.807, 2.05) is 0 Å². The third-order valence-electron chi connectivity index (χ3n) is 2.82. The van der Waals surface area contributed by atoms with Gasteiger partial charge in [-0.15, -0.1) is 0 Å². The number of hydrogen-bond donors (Lipinski definition) is 2. The lowest BCUT2D eigenvalue weighted by Gasteiger charge is -2.23. The molecule has 1 atom stereocenters. The molecule has 5 nitrogen and oxygen atoms in total. The summed E-state index contributed by atoms with van der Waals surface area (Å²) in [4.78, 5) is -0.0722. The van der Waals surface area contributed by atoms with E-state index in [4.69, 9.17) is 10.5 Å². The molecular formula is C11H14BrFN2O3S. The molecule has 2 rings (SSSR count). The van der Waals surface area contributed by atoms with Crippen molar-refractivity contribution in [1.82, 2.24) is 4.72 Å². The third-order valence-corrected chi connectivity index (χ3v) is 5.30. The highest BCUT2D eigenvalue weighted by atomic mass is 79.9. The molecule has 1 fully saturated rings. The SMILES string of the molecule is Nc1cc(S(=O)(=O)NC2CCCOC2)c(Br)cc1F. The van der Waals surface area contributed by atoms with E-state index in [0.29, 0.717) is 19.6 Å². The predicted molar refractivity (Wildman–Crippen MR) is 72.7 cm³/mol. The molecule has 0 bridgehead atoms. The first kappa shape index (κ1) is 14.7. The molecular weight excluding hydrogens is 339 g/mol. The minimum absolute atomic E-state index is 0.0722. The number of nitrogens with two attached hydrogens (primary N) is 1. The van der Waals surface area contributed by atoms with Crippen LogP contribution in [-0.4, -0.2) is 27.7 Å². The molecule has 19 heavy (non-hydrogen) atoms. The Bertz CT molecular complexity index is 574. The van der Waals surface area contributed by atoms with E-state index >= 15 is 0 Å². The van der Waals surface area contributed by atoms with Gasteiger partial charge in [0, 0.05) is 17.1 Å². The van der Waals surface area contributed by atoms with Crippen LogP contribution in [0.2, 0.25) is 0 Å². The van der Waals surface area contributed by atoms with Gasteiger partial charge in [0.15, 0.2) is 0 Å². The average molecular weight is 353 g/mol. The second-order valence-corrected chi connectivity index (χ2v) is 6.88. The van der Waals surface area contributed by atoms with E-state index in [0.717, 1.165) is 18.6 Å². The van der Waals surface area contributed by atoms with Gasteiger partial charge < -0.3 is 10.5 Å². The monoisotopic (exact) mass is 352 g/mol. The Morgan fingerprint density at radius 3 is 2.84 bits per heavy atom. The number of hydrogen-bond acceptors (Lipinski definition) is 4. The molecule has 1 aliphatic heterocycles. The second-order valence-electron chi connectivity index (χ2n) is 4.34. The number of ether oxygens (including phenoxy) is 1. The minimum Gasteiger partial charge on any atom is -0.396 e. The van der Waals surface area contributed by atoms with Crippen molar-refractivity contribution in [3.63, 3.8) is 0 Å². The van der Waals surface area contributed by atoms with Crippen molar-refractivity contribution >= 4 is 31.6 Å². The summed E-state index contributed by atoms with van der Waals surface area (Å²) in [5.41, 5.74) is 5.20. The number of rotatable bonds is 3. The summed E-state index contributed by atoms with van der Waals surface area (Å²) in [5.74, 6) is -0.660. The van der Waals surface area contributed by atoms with Crippen LogP contribution in [0.3, 0.4) is 0 Å². The van der Waals surface area contributed by atoms with E-state index in [9.17, 15) is 12.8 Å². The van der Waals surface area contributed by atoms with Gasteiger partial charge in [-0.05, 0) is 40.9 Å². The van der Waals surface area contributed by atoms with Gasteiger partial charge in [-0.25, -0.2) is 17.5 Å². The van der Waals surface area contributed by atoms with Crippen molar-refractivity contribution in [3.8, 4) is 0 Å². The number of anilines is 1. The van der Waals surface area contributed by atoms with Gasteiger partial charge in [0.2, 0.25) is 10.0 Å². The Morgan fingerprint density at radius 2 is 2.21 bits per heavy atom. The Morgan fingerprint density at radius 1 is 1.47 bits per heavy atom. The van der Waals surface area contributed by atoms with E-state index in [-0.39, 0.29) is 21.1 Å². The molecule has 0 spiro atoms. The summed E-state index contributed by atoms with van der Waals surface area (Å²) in [7, 11) is -3.75. The molecule has 1 heterocycles. The second kappa shape index (κ2) is 5.74. The molecule has 0 aromatic heterocycles. The molecule has 0 saturated carbocycles. The van der Waals surface area contributed by atoms with Crippen LogP contribution < -0.4 is 10.5 Å². The maximum atomic E-state index is 13.2. The molecule has 0 radical (unpaired) electrons. The Labute approximate surface area is 119 Å². The summed E-state index contributed by atoms with van der Waals surface area (Å²) in [6.45, 7) is 0.985. The normalized spacial score (nSPS) is 20.4. The van der Waals surface area contributed by atoms with Gasteiger partial charge in [-0.2, -0.15) is 0 Å². The number of benzene rings is 1. The maximum Gasteiger partial charge on any atom is 0.242 e. The first-order valence-electron chi connectivity index (χ1n) is 5.75. The van der Waals surface area contributed by atoms with E-state index in [1.54, 1.807) is 0 Å². The van der Waals surface area contributed by atoms with Crippen molar-refractivity contribution in [2.24, 2.45) is 0 Å². The highest BCUT2D eigenvalue weighted by Crippen LogP contribution is 2.27. The Hall–Kier alpha value is -0.700. The quantitative estimate of drug-likeness (QED) is 0.810.